The molecule has 1 aromatic heterocycles. The van der Waals surface area contributed by atoms with Crippen molar-refractivity contribution in [1.82, 2.24) is 15.1 Å². The molecule has 1 atom stereocenters. The van der Waals surface area contributed by atoms with E-state index < -0.39 is 5.54 Å². The van der Waals surface area contributed by atoms with Crippen LogP contribution in [-0.2, 0) is 4.79 Å². The first-order chi connectivity index (χ1) is 20.5. The first-order valence-corrected chi connectivity index (χ1v) is 17.1. The third kappa shape index (κ3) is 6.62. The van der Waals surface area contributed by atoms with E-state index in [2.05, 4.69) is 30.4 Å². The summed E-state index contributed by atoms with van der Waals surface area (Å²) in [6.45, 7) is 7.27. The van der Waals surface area contributed by atoms with Crippen LogP contribution in [0.4, 0.5) is 0 Å². The number of hydrogen-bond donors (Lipinski definition) is 1. The van der Waals surface area contributed by atoms with E-state index in [1.54, 1.807) is 11.3 Å². The minimum atomic E-state index is -0.422. The molecule has 232 valence electrons. The number of benzene rings is 2. The van der Waals surface area contributed by atoms with Crippen molar-refractivity contribution in [1.29, 1.82) is 0 Å². The molecular formula is C34H45Cl2N4O2S+. The van der Waals surface area contributed by atoms with E-state index in [0.717, 1.165) is 89.8 Å². The van der Waals surface area contributed by atoms with E-state index >= 15 is 0 Å². The number of hydrogen-bond acceptors (Lipinski definition) is 4. The van der Waals surface area contributed by atoms with Crippen molar-refractivity contribution in [2.24, 2.45) is 0 Å². The number of piperidine rings is 2. The number of carbonyl (C=O) groups excluding carboxylic acids is 2. The second kappa shape index (κ2) is 13.5. The van der Waals surface area contributed by atoms with Crippen LogP contribution in [0.1, 0.15) is 65.2 Å². The number of rotatable bonds is 9. The minimum Gasteiger partial charge on any atom is -0.343 e. The van der Waals surface area contributed by atoms with Gasteiger partial charge in [-0.05, 0) is 61.4 Å². The van der Waals surface area contributed by atoms with Gasteiger partial charge in [0.1, 0.15) is 0 Å². The van der Waals surface area contributed by atoms with Crippen molar-refractivity contribution in [2.45, 2.75) is 56.9 Å². The van der Waals surface area contributed by atoms with Crippen LogP contribution >= 0.6 is 34.5 Å². The molecule has 0 aliphatic carbocycles. The third-order valence-corrected chi connectivity index (χ3v) is 11.7. The highest BCUT2D eigenvalue weighted by molar-refractivity contribution is 7.20. The van der Waals surface area contributed by atoms with Gasteiger partial charge in [-0.2, -0.15) is 0 Å². The summed E-state index contributed by atoms with van der Waals surface area (Å²) < 4.78 is 1.95. The predicted molar refractivity (Wildman–Crippen MR) is 180 cm³/mol. The summed E-state index contributed by atoms with van der Waals surface area (Å²) in [5.74, 6) is 0.336. The fraction of sp³-hybridized carbons (Fsp3) is 0.529. The number of aryl methyl sites for hydroxylation is 1. The maximum atomic E-state index is 14.0. The second-order valence-corrected chi connectivity index (χ2v) is 14.8. The van der Waals surface area contributed by atoms with Crippen LogP contribution in [0.3, 0.4) is 0 Å². The van der Waals surface area contributed by atoms with E-state index in [-0.39, 0.29) is 17.7 Å². The molecule has 43 heavy (non-hydrogen) atoms. The SMILES string of the molecule is Cc1ccc2sc(C(=O)N(C)CC(CC[N+]3(C4(C(=O)N(C)C)CCNCC4)CCCCC3)c3ccc(Cl)c(Cl)c3)cc2c1. The average molecular weight is 645 g/mol. The number of quaternary nitrogens is 1. The van der Waals surface area contributed by atoms with Gasteiger partial charge in [-0.1, -0.05) is 47.0 Å². The molecule has 2 aliphatic rings. The lowest BCUT2D eigenvalue weighted by molar-refractivity contribution is -0.972. The molecule has 9 heteroatoms. The topological polar surface area (TPSA) is 52.7 Å². The molecule has 3 aromatic rings. The van der Waals surface area contributed by atoms with E-state index in [4.69, 9.17) is 23.2 Å². The predicted octanol–water partition coefficient (Wildman–Crippen LogP) is 6.97. The molecule has 2 fully saturated rings. The van der Waals surface area contributed by atoms with Crippen LogP contribution in [0.2, 0.25) is 10.0 Å². The standard InChI is InChI=1S/C34H45Cl2N4O2S/c1-24-8-11-30-27(20-24)22-31(43-30)32(41)39(4)23-26(25-9-10-28(35)29(36)21-25)12-19-40(17-6-5-7-18-40)34(33(42)38(2)3)13-15-37-16-14-34/h8-11,20-22,26,37H,5-7,12-19,23H2,1-4H3/q+1. The Morgan fingerprint density at radius 3 is 2.37 bits per heavy atom. The first kappa shape index (κ1) is 32.2. The summed E-state index contributed by atoms with van der Waals surface area (Å²) in [4.78, 5) is 32.2. The van der Waals surface area contributed by atoms with E-state index in [9.17, 15) is 9.59 Å². The smallest absolute Gasteiger partial charge is 0.283 e. The normalized spacial score (nSPS) is 18.7. The maximum Gasteiger partial charge on any atom is 0.283 e. The molecule has 0 radical (unpaired) electrons. The van der Waals surface area contributed by atoms with Crippen molar-refractivity contribution in [3.63, 3.8) is 0 Å². The van der Waals surface area contributed by atoms with E-state index in [0.29, 0.717) is 16.6 Å². The van der Waals surface area contributed by atoms with E-state index in [1.807, 2.05) is 55.2 Å². The number of halogens is 2. The van der Waals surface area contributed by atoms with Crippen molar-refractivity contribution in [2.75, 3.05) is 60.4 Å². The second-order valence-electron chi connectivity index (χ2n) is 12.9. The number of fused-ring (bicyclic) bond motifs is 1. The highest BCUT2D eigenvalue weighted by Crippen LogP contribution is 2.41. The van der Waals surface area contributed by atoms with Gasteiger partial charge in [0.2, 0.25) is 0 Å². The Morgan fingerprint density at radius 2 is 1.70 bits per heavy atom. The number of nitrogens with zero attached hydrogens (tertiary/aromatic N) is 3. The van der Waals surface area contributed by atoms with Crippen LogP contribution in [0.25, 0.3) is 10.1 Å². The van der Waals surface area contributed by atoms with Gasteiger partial charge in [-0.25, -0.2) is 0 Å². The molecular weight excluding hydrogens is 599 g/mol. The highest BCUT2D eigenvalue weighted by Gasteiger charge is 2.57. The zero-order chi connectivity index (χ0) is 30.8. The number of likely N-dealkylation sites (tertiary alicyclic amines) is 1. The van der Waals surface area contributed by atoms with Crippen molar-refractivity contribution in [3.8, 4) is 0 Å². The number of nitrogens with one attached hydrogen (secondary N) is 1. The summed E-state index contributed by atoms with van der Waals surface area (Å²) in [6, 6.07) is 14.2. The largest absolute Gasteiger partial charge is 0.343 e. The Bertz CT molecular complexity index is 1460. The maximum absolute atomic E-state index is 14.0. The number of likely N-dealkylation sites (N-methyl/N-ethyl adjacent to an activating group) is 2. The fourth-order valence-corrected chi connectivity index (χ4v) is 8.88. The van der Waals surface area contributed by atoms with Gasteiger partial charge in [0.25, 0.3) is 11.8 Å². The summed E-state index contributed by atoms with van der Waals surface area (Å²) in [6.07, 6.45) is 6.04. The lowest BCUT2D eigenvalue weighted by Crippen LogP contribution is -2.74. The van der Waals surface area contributed by atoms with Gasteiger partial charge in [-0.3, -0.25) is 9.59 Å². The molecule has 0 bridgehead atoms. The Hall–Kier alpha value is -2.16. The zero-order valence-corrected chi connectivity index (χ0v) is 28.3. The van der Waals surface area contributed by atoms with Gasteiger partial charge in [-0.15, -0.1) is 11.3 Å². The first-order valence-electron chi connectivity index (χ1n) is 15.5. The van der Waals surface area contributed by atoms with Crippen molar-refractivity contribution < 1.29 is 14.1 Å². The molecule has 2 aliphatic heterocycles. The van der Waals surface area contributed by atoms with E-state index in [1.165, 1.54) is 12.0 Å². The minimum absolute atomic E-state index is 0.0309. The molecule has 1 N–H and O–H groups in total. The summed E-state index contributed by atoms with van der Waals surface area (Å²) >= 11 is 14.4. The summed E-state index contributed by atoms with van der Waals surface area (Å²) in [5, 5.41) is 5.67. The number of carbonyl (C=O) groups is 2. The van der Waals surface area contributed by atoms with Crippen LogP contribution in [0.15, 0.2) is 42.5 Å². The Balaban J connectivity index is 1.45. The monoisotopic (exact) mass is 643 g/mol. The molecule has 5 rings (SSSR count). The lowest BCUT2D eigenvalue weighted by Gasteiger charge is -2.56. The molecule has 0 spiro atoms. The van der Waals surface area contributed by atoms with Crippen LogP contribution in [0.5, 0.6) is 0 Å². The zero-order valence-electron chi connectivity index (χ0n) is 25.9. The molecule has 6 nitrogen and oxygen atoms in total. The Kier molecular flexibility index (Phi) is 10.1. The van der Waals surface area contributed by atoms with Crippen molar-refractivity contribution >= 4 is 56.4 Å². The molecule has 2 aromatic carbocycles. The third-order valence-electron chi connectivity index (χ3n) is 9.86. The Morgan fingerprint density at radius 1 is 0.977 bits per heavy atom. The summed E-state index contributed by atoms with van der Waals surface area (Å²) in [5.41, 5.74) is 1.84. The van der Waals surface area contributed by atoms with Crippen LogP contribution < -0.4 is 5.32 Å². The highest BCUT2D eigenvalue weighted by atomic mass is 35.5. The van der Waals surface area contributed by atoms with Gasteiger partial charge in [0.15, 0.2) is 5.54 Å². The van der Waals surface area contributed by atoms with Gasteiger partial charge in [0.05, 0.1) is 34.6 Å². The van der Waals surface area contributed by atoms with Gasteiger partial charge >= 0.3 is 0 Å². The molecule has 3 heterocycles. The van der Waals surface area contributed by atoms with Crippen LogP contribution in [-0.4, -0.2) is 92.0 Å². The van der Waals surface area contributed by atoms with Gasteiger partial charge < -0.3 is 19.6 Å². The lowest BCUT2D eigenvalue weighted by atomic mass is 9.79. The van der Waals surface area contributed by atoms with Gasteiger partial charge in [0, 0.05) is 70.7 Å². The van der Waals surface area contributed by atoms with Crippen molar-refractivity contribution in [3.05, 3.63) is 68.5 Å². The molecule has 0 saturated carbocycles. The molecule has 1 unspecified atom stereocenters. The molecule has 2 amide bonds. The fourth-order valence-electron chi connectivity index (χ4n) is 7.53. The number of amides is 2. The Labute approximate surface area is 270 Å². The summed E-state index contributed by atoms with van der Waals surface area (Å²) in [7, 11) is 5.71. The quantitative estimate of drug-likeness (QED) is 0.256. The average Bonchev–Trinajstić information content (AvgIpc) is 3.43. The molecule has 2 saturated heterocycles. The van der Waals surface area contributed by atoms with Crippen LogP contribution in [0, 0.1) is 6.92 Å². The number of thiophene rings is 1.